The number of aliphatic hydroxyl groups is 1. The van der Waals surface area contributed by atoms with Crippen LogP contribution >= 0.6 is 0 Å². The van der Waals surface area contributed by atoms with E-state index in [9.17, 15) is 4.79 Å². The Morgan fingerprint density at radius 1 is 1.57 bits per heavy atom. The van der Waals surface area contributed by atoms with Crippen molar-refractivity contribution in [2.45, 2.75) is 57.4 Å². The molecule has 1 heterocycles. The second-order valence-corrected chi connectivity index (χ2v) is 6.17. The molecule has 2 amide bonds. The monoisotopic (exact) mass is 294 g/mol. The minimum absolute atomic E-state index is 0.0577. The van der Waals surface area contributed by atoms with Gasteiger partial charge in [-0.2, -0.15) is 5.10 Å². The number of urea groups is 1. The van der Waals surface area contributed by atoms with Crippen LogP contribution in [0.25, 0.3) is 0 Å². The minimum atomic E-state index is -0.395. The highest BCUT2D eigenvalue weighted by atomic mass is 16.3. The standard InChI is InChI=1S/C15H26N4O2/c1-4-15(2,8-9-20)17-14(21)16-13-10-12(18-19(13)3)11-6-5-7-11/h10-11,20H,4-9H2,1-3H3,(H2,16,17,21). The van der Waals surface area contributed by atoms with Crippen molar-refractivity contribution < 1.29 is 9.90 Å². The summed E-state index contributed by atoms with van der Waals surface area (Å²) in [6.07, 6.45) is 4.94. The summed E-state index contributed by atoms with van der Waals surface area (Å²) in [5.41, 5.74) is 0.668. The van der Waals surface area contributed by atoms with Crippen molar-refractivity contribution in [1.82, 2.24) is 15.1 Å². The lowest BCUT2D eigenvalue weighted by molar-refractivity contribution is 0.208. The number of nitrogens with one attached hydrogen (secondary N) is 2. The Kier molecular flexibility index (Phi) is 4.88. The molecule has 1 aromatic rings. The molecular weight excluding hydrogens is 268 g/mol. The van der Waals surface area contributed by atoms with E-state index in [0.717, 1.165) is 12.1 Å². The van der Waals surface area contributed by atoms with Crippen molar-refractivity contribution in [3.05, 3.63) is 11.8 Å². The first kappa shape index (κ1) is 15.8. The fraction of sp³-hybridized carbons (Fsp3) is 0.733. The third kappa shape index (κ3) is 3.75. The van der Waals surface area contributed by atoms with Gasteiger partial charge in [0.05, 0.1) is 5.69 Å². The second-order valence-electron chi connectivity index (χ2n) is 6.17. The Morgan fingerprint density at radius 2 is 2.29 bits per heavy atom. The van der Waals surface area contributed by atoms with Gasteiger partial charge in [0, 0.05) is 31.2 Å². The van der Waals surface area contributed by atoms with E-state index in [-0.39, 0.29) is 12.6 Å². The number of hydrogen-bond donors (Lipinski definition) is 3. The zero-order chi connectivity index (χ0) is 15.5. The van der Waals surface area contributed by atoms with Crippen molar-refractivity contribution in [1.29, 1.82) is 0 Å². The molecule has 0 radical (unpaired) electrons. The van der Waals surface area contributed by atoms with Crippen LogP contribution in [-0.4, -0.2) is 33.1 Å². The Bertz CT molecular complexity index is 496. The number of carbonyl (C=O) groups is 1. The number of aryl methyl sites for hydroxylation is 1. The molecule has 118 valence electrons. The van der Waals surface area contributed by atoms with Gasteiger partial charge in [-0.3, -0.25) is 10.00 Å². The number of aliphatic hydroxyl groups excluding tert-OH is 1. The molecule has 2 rings (SSSR count). The average molecular weight is 294 g/mol. The van der Waals surface area contributed by atoms with Gasteiger partial charge in [-0.15, -0.1) is 0 Å². The number of nitrogens with zero attached hydrogens (tertiary/aromatic N) is 2. The number of anilines is 1. The van der Waals surface area contributed by atoms with Gasteiger partial charge in [0.25, 0.3) is 0 Å². The third-order valence-electron chi connectivity index (χ3n) is 4.52. The molecule has 0 bridgehead atoms. The predicted octanol–water partition coefficient (Wildman–Crippen LogP) is 2.36. The van der Waals surface area contributed by atoms with Crippen LogP contribution in [0.1, 0.15) is 57.6 Å². The second kappa shape index (κ2) is 6.47. The highest BCUT2D eigenvalue weighted by Crippen LogP contribution is 2.36. The molecule has 1 saturated carbocycles. The van der Waals surface area contributed by atoms with Crippen LogP contribution in [0, 0.1) is 0 Å². The van der Waals surface area contributed by atoms with Gasteiger partial charge in [0.1, 0.15) is 5.82 Å². The Hall–Kier alpha value is -1.56. The number of aromatic nitrogens is 2. The first-order valence-electron chi connectivity index (χ1n) is 7.71. The molecule has 1 aliphatic carbocycles. The molecule has 1 atom stereocenters. The van der Waals surface area contributed by atoms with Crippen molar-refractivity contribution in [3.8, 4) is 0 Å². The quantitative estimate of drug-likeness (QED) is 0.753. The molecule has 1 aromatic heterocycles. The summed E-state index contributed by atoms with van der Waals surface area (Å²) in [7, 11) is 1.84. The van der Waals surface area contributed by atoms with Crippen LogP contribution in [0.3, 0.4) is 0 Å². The lowest BCUT2D eigenvalue weighted by Crippen LogP contribution is -2.48. The van der Waals surface area contributed by atoms with Crippen LogP contribution in [0.4, 0.5) is 10.6 Å². The first-order valence-corrected chi connectivity index (χ1v) is 7.71. The van der Waals surface area contributed by atoms with Gasteiger partial charge in [0.2, 0.25) is 0 Å². The molecule has 0 saturated heterocycles. The normalized spacial score (nSPS) is 17.9. The van der Waals surface area contributed by atoms with E-state index in [1.54, 1.807) is 4.68 Å². The molecule has 6 heteroatoms. The number of hydrogen-bond acceptors (Lipinski definition) is 3. The van der Waals surface area contributed by atoms with Crippen molar-refractivity contribution in [2.24, 2.45) is 7.05 Å². The maximum Gasteiger partial charge on any atom is 0.320 e. The fourth-order valence-corrected chi connectivity index (χ4v) is 2.51. The summed E-state index contributed by atoms with van der Waals surface area (Å²) >= 11 is 0. The van der Waals surface area contributed by atoms with E-state index in [1.807, 2.05) is 27.0 Å². The Balaban J connectivity index is 1.97. The van der Waals surface area contributed by atoms with Crippen molar-refractivity contribution in [3.63, 3.8) is 0 Å². The first-order chi connectivity index (χ1) is 9.97. The summed E-state index contributed by atoms with van der Waals surface area (Å²) in [6.45, 7) is 3.99. The van der Waals surface area contributed by atoms with Crippen LogP contribution in [0.15, 0.2) is 6.07 Å². The Labute approximate surface area is 125 Å². The highest BCUT2D eigenvalue weighted by molar-refractivity contribution is 5.88. The van der Waals surface area contributed by atoms with Gasteiger partial charge >= 0.3 is 6.03 Å². The summed E-state index contributed by atoms with van der Waals surface area (Å²) in [5, 5.41) is 19.4. The largest absolute Gasteiger partial charge is 0.396 e. The maximum absolute atomic E-state index is 12.1. The molecule has 0 aliphatic heterocycles. The summed E-state index contributed by atoms with van der Waals surface area (Å²) in [5.74, 6) is 1.25. The lowest BCUT2D eigenvalue weighted by Gasteiger charge is -2.28. The highest BCUT2D eigenvalue weighted by Gasteiger charge is 2.26. The molecular formula is C15H26N4O2. The van der Waals surface area contributed by atoms with E-state index in [4.69, 9.17) is 5.11 Å². The molecule has 1 unspecified atom stereocenters. The molecule has 1 aliphatic rings. The summed E-state index contributed by atoms with van der Waals surface area (Å²) < 4.78 is 1.71. The van der Waals surface area contributed by atoms with Crippen LogP contribution in [0.2, 0.25) is 0 Å². The van der Waals surface area contributed by atoms with Gasteiger partial charge < -0.3 is 10.4 Å². The predicted molar refractivity (Wildman–Crippen MR) is 82.4 cm³/mol. The topological polar surface area (TPSA) is 79.2 Å². The molecule has 1 fully saturated rings. The van der Waals surface area contributed by atoms with E-state index in [1.165, 1.54) is 19.3 Å². The smallest absolute Gasteiger partial charge is 0.320 e. The van der Waals surface area contributed by atoms with Crippen molar-refractivity contribution in [2.75, 3.05) is 11.9 Å². The number of carbonyl (C=O) groups excluding carboxylic acids is 1. The van der Waals surface area contributed by atoms with E-state index < -0.39 is 5.54 Å². The Morgan fingerprint density at radius 3 is 2.81 bits per heavy atom. The zero-order valence-electron chi connectivity index (χ0n) is 13.1. The van der Waals surface area contributed by atoms with E-state index >= 15 is 0 Å². The number of amides is 2. The minimum Gasteiger partial charge on any atom is -0.396 e. The third-order valence-corrected chi connectivity index (χ3v) is 4.52. The van der Waals surface area contributed by atoms with Gasteiger partial charge in [-0.05, 0) is 32.6 Å². The molecule has 6 nitrogen and oxygen atoms in total. The summed E-state index contributed by atoms with van der Waals surface area (Å²) in [6, 6.07) is 1.70. The van der Waals surface area contributed by atoms with E-state index in [0.29, 0.717) is 18.2 Å². The van der Waals surface area contributed by atoms with Gasteiger partial charge in [0.15, 0.2) is 0 Å². The van der Waals surface area contributed by atoms with Gasteiger partial charge in [-0.25, -0.2) is 4.79 Å². The molecule has 21 heavy (non-hydrogen) atoms. The summed E-state index contributed by atoms with van der Waals surface area (Å²) in [4.78, 5) is 12.1. The van der Waals surface area contributed by atoms with Crippen LogP contribution in [0.5, 0.6) is 0 Å². The molecule has 3 N–H and O–H groups in total. The van der Waals surface area contributed by atoms with E-state index in [2.05, 4.69) is 15.7 Å². The molecule has 0 spiro atoms. The zero-order valence-corrected chi connectivity index (χ0v) is 13.1. The van der Waals surface area contributed by atoms with Crippen molar-refractivity contribution >= 4 is 11.8 Å². The SMILES string of the molecule is CCC(C)(CCO)NC(=O)Nc1cc(C2CCC2)nn1C. The van der Waals surface area contributed by atoms with Crippen LogP contribution < -0.4 is 10.6 Å². The molecule has 0 aromatic carbocycles. The van der Waals surface area contributed by atoms with Crippen LogP contribution in [-0.2, 0) is 7.05 Å². The van der Waals surface area contributed by atoms with Gasteiger partial charge in [-0.1, -0.05) is 13.3 Å². The fourth-order valence-electron chi connectivity index (χ4n) is 2.51. The maximum atomic E-state index is 12.1. The number of rotatable bonds is 6. The average Bonchev–Trinajstić information content (AvgIpc) is 2.68. The lowest BCUT2D eigenvalue weighted by atomic mass is 9.83.